The van der Waals surface area contributed by atoms with Gasteiger partial charge in [0.25, 0.3) is 0 Å². The van der Waals surface area contributed by atoms with E-state index in [0.717, 1.165) is 30.9 Å². The molecule has 0 aliphatic carbocycles. The third-order valence-electron chi connectivity index (χ3n) is 2.36. The Labute approximate surface area is 97.7 Å². The Morgan fingerprint density at radius 2 is 2.00 bits per heavy atom. The maximum atomic E-state index is 8.93. The van der Waals surface area contributed by atoms with E-state index in [0.29, 0.717) is 6.42 Å². The second kappa shape index (κ2) is 7.25. The maximum absolute atomic E-state index is 8.93. The largest absolute Gasteiger partial charge is 0.493 e. The van der Waals surface area contributed by atoms with E-state index in [4.69, 9.17) is 9.84 Å². The first-order valence-electron chi connectivity index (χ1n) is 5.70. The van der Waals surface area contributed by atoms with Gasteiger partial charge in [0.1, 0.15) is 5.75 Å². The number of benzene rings is 1. The average Bonchev–Trinajstić information content (AvgIpc) is 2.26. The lowest BCUT2D eigenvalue weighted by molar-refractivity contribution is 0.272. The van der Waals surface area contributed by atoms with Crippen molar-refractivity contribution < 1.29 is 9.84 Å². The molecule has 0 aliphatic heterocycles. The zero-order valence-electron chi connectivity index (χ0n) is 10.1. The van der Waals surface area contributed by atoms with E-state index in [1.807, 2.05) is 24.3 Å². The fourth-order valence-electron chi connectivity index (χ4n) is 1.53. The first-order chi connectivity index (χ1) is 7.74. The van der Waals surface area contributed by atoms with Crippen molar-refractivity contribution in [3.05, 3.63) is 29.8 Å². The molecule has 16 heavy (non-hydrogen) atoms. The molecular formula is C13H21NO2. The SMILES string of the molecule is CN(C)CCCOc1ccccc1CCO. The zero-order valence-corrected chi connectivity index (χ0v) is 10.1. The van der Waals surface area contributed by atoms with Crippen molar-refractivity contribution in [2.24, 2.45) is 0 Å². The maximum Gasteiger partial charge on any atom is 0.122 e. The fourth-order valence-corrected chi connectivity index (χ4v) is 1.53. The first kappa shape index (κ1) is 13.0. The van der Waals surface area contributed by atoms with Gasteiger partial charge in [0.05, 0.1) is 6.61 Å². The minimum atomic E-state index is 0.165. The van der Waals surface area contributed by atoms with Gasteiger partial charge in [-0.25, -0.2) is 0 Å². The van der Waals surface area contributed by atoms with Crippen molar-refractivity contribution >= 4 is 0 Å². The Hall–Kier alpha value is -1.06. The molecule has 0 saturated heterocycles. The Bertz CT molecular complexity index is 300. The molecule has 3 nitrogen and oxygen atoms in total. The molecule has 1 N–H and O–H groups in total. The number of hydrogen-bond donors (Lipinski definition) is 1. The van der Waals surface area contributed by atoms with Crippen LogP contribution in [0.2, 0.25) is 0 Å². The van der Waals surface area contributed by atoms with Crippen molar-refractivity contribution in [2.45, 2.75) is 12.8 Å². The van der Waals surface area contributed by atoms with Gasteiger partial charge in [-0.1, -0.05) is 18.2 Å². The second-order valence-electron chi connectivity index (χ2n) is 4.09. The van der Waals surface area contributed by atoms with Gasteiger partial charge in [-0.05, 0) is 38.6 Å². The van der Waals surface area contributed by atoms with Crippen LogP contribution in [0.15, 0.2) is 24.3 Å². The average molecular weight is 223 g/mol. The van der Waals surface area contributed by atoms with Crippen LogP contribution < -0.4 is 4.74 Å². The van der Waals surface area contributed by atoms with Gasteiger partial charge in [-0.2, -0.15) is 0 Å². The number of hydrogen-bond acceptors (Lipinski definition) is 3. The molecule has 0 spiro atoms. The minimum absolute atomic E-state index is 0.165. The molecule has 0 heterocycles. The number of rotatable bonds is 7. The summed E-state index contributed by atoms with van der Waals surface area (Å²) in [6, 6.07) is 7.89. The van der Waals surface area contributed by atoms with Crippen molar-refractivity contribution in [3.63, 3.8) is 0 Å². The summed E-state index contributed by atoms with van der Waals surface area (Å²) in [6.45, 7) is 1.92. The highest BCUT2D eigenvalue weighted by molar-refractivity contribution is 5.33. The molecule has 0 saturated carbocycles. The standard InChI is InChI=1S/C13H21NO2/c1-14(2)9-5-11-16-13-7-4-3-6-12(13)8-10-15/h3-4,6-7,15H,5,8-11H2,1-2H3. The third-order valence-corrected chi connectivity index (χ3v) is 2.36. The van der Waals surface area contributed by atoms with Crippen molar-refractivity contribution in [1.82, 2.24) is 4.90 Å². The lowest BCUT2D eigenvalue weighted by Gasteiger charge is -2.12. The molecule has 0 amide bonds. The van der Waals surface area contributed by atoms with Gasteiger partial charge < -0.3 is 14.7 Å². The highest BCUT2D eigenvalue weighted by Gasteiger charge is 2.01. The van der Waals surface area contributed by atoms with E-state index >= 15 is 0 Å². The quantitative estimate of drug-likeness (QED) is 0.712. The van der Waals surface area contributed by atoms with Gasteiger partial charge in [-0.15, -0.1) is 0 Å². The zero-order chi connectivity index (χ0) is 11.8. The van der Waals surface area contributed by atoms with E-state index in [2.05, 4.69) is 19.0 Å². The summed E-state index contributed by atoms with van der Waals surface area (Å²) < 4.78 is 5.70. The van der Waals surface area contributed by atoms with Crippen molar-refractivity contribution in [2.75, 3.05) is 33.9 Å². The summed E-state index contributed by atoms with van der Waals surface area (Å²) in [4.78, 5) is 2.14. The molecule has 0 aliphatic rings. The molecule has 0 atom stereocenters. The van der Waals surface area contributed by atoms with E-state index in [-0.39, 0.29) is 6.61 Å². The van der Waals surface area contributed by atoms with Crippen LogP contribution in [-0.2, 0) is 6.42 Å². The number of aliphatic hydroxyl groups excluding tert-OH is 1. The molecule has 0 aromatic heterocycles. The van der Waals surface area contributed by atoms with Gasteiger partial charge in [0, 0.05) is 13.2 Å². The normalized spacial score (nSPS) is 10.8. The lowest BCUT2D eigenvalue weighted by atomic mass is 10.1. The van der Waals surface area contributed by atoms with Crippen LogP contribution in [0.3, 0.4) is 0 Å². The number of nitrogens with zero attached hydrogens (tertiary/aromatic N) is 1. The highest BCUT2D eigenvalue weighted by atomic mass is 16.5. The van der Waals surface area contributed by atoms with Crippen molar-refractivity contribution in [1.29, 1.82) is 0 Å². The Morgan fingerprint density at radius 3 is 2.69 bits per heavy atom. The molecule has 0 radical (unpaired) electrons. The van der Waals surface area contributed by atoms with Crippen LogP contribution in [-0.4, -0.2) is 43.9 Å². The van der Waals surface area contributed by atoms with Gasteiger partial charge in [-0.3, -0.25) is 0 Å². The summed E-state index contributed by atoms with van der Waals surface area (Å²) in [5.74, 6) is 0.898. The van der Waals surface area contributed by atoms with Crippen LogP contribution in [0.25, 0.3) is 0 Å². The van der Waals surface area contributed by atoms with Crippen LogP contribution in [0.1, 0.15) is 12.0 Å². The van der Waals surface area contributed by atoms with Gasteiger partial charge in [0.15, 0.2) is 0 Å². The monoisotopic (exact) mass is 223 g/mol. The van der Waals surface area contributed by atoms with Crippen LogP contribution in [0.5, 0.6) is 5.75 Å². The Kier molecular flexibility index (Phi) is 5.90. The molecule has 0 fully saturated rings. The Morgan fingerprint density at radius 1 is 1.25 bits per heavy atom. The number of aliphatic hydroxyl groups is 1. The summed E-state index contributed by atoms with van der Waals surface area (Å²) in [5.41, 5.74) is 1.08. The van der Waals surface area contributed by atoms with Crippen LogP contribution in [0, 0.1) is 0 Å². The predicted octanol–water partition coefficient (Wildman–Crippen LogP) is 1.55. The second-order valence-corrected chi connectivity index (χ2v) is 4.09. The number of ether oxygens (including phenoxy) is 1. The summed E-state index contributed by atoms with van der Waals surface area (Å²) in [7, 11) is 4.11. The van der Waals surface area contributed by atoms with E-state index in [1.54, 1.807) is 0 Å². The minimum Gasteiger partial charge on any atom is -0.493 e. The van der Waals surface area contributed by atoms with E-state index < -0.39 is 0 Å². The molecule has 1 rings (SSSR count). The molecule has 1 aromatic carbocycles. The predicted molar refractivity (Wildman–Crippen MR) is 65.9 cm³/mol. The molecule has 0 bridgehead atoms. The molecule has 3 heteroatoms. The van der Waals surface area contributed by atoms with E-state index in [9.17, 15) is 0 Å². The van der Waals surface area contributed by atoms with E-state index in [1.165, 1.54) is 0 Å². The van der Waals surface area contributed by atoms with Gasteiger partial charge >= 0.3 is 0 Å². The summed E-state index contributed by atoms with van der Waals surface area (Å²) in [5, 5.41) is 8.93. The van der Waals surface area contributed by atoms with Gasteiger partial charge in [0.2, 0.25) is 0 Å². The lowest BCUT2D eigenvalue weighted by Crippen LogP contribution is -2.15. The first-order valence-corrected chi connectivity index (χ1v) is 5.70. The number of para-hydroxylation sites is 1. The fraction of sp³-hybridized carbons (Fsp3) is 0.538. The molecular weight excluding hydrogens is 202 g/mol. The van der Waals surface area contributed by atoms with Crippen LogP contribution >= 0.6 is 0 Å². The van der Waals surface area contributed by atoms with Crippen LogP contribution in [0.4, 0.5) is 0 Å². The topological polar surface area (TPSA) is 32.7 Å². The molecule has 0 unspecified atom stereocenters. The highest BCUT2D eigenvalue weighted by Crippen LogP contribution is 2.18. The summed E-state index contributed by atoms with van der Waals surface area (Å²) in [6.07, 6.45) is 1.67. The smallest absolute Gasteiger partial charge is 0.122 e. The van der Waals surface area contributed by atoms with Crippen molar-refractivity contribution in [3.8, 4) is 5.75 Å². The molecule has 1 aromatic rings. The third kappa shape index (κ3) is 4.64. The summed E-state index contributed by atoms with van der Waals surface area (Å²) >= 11 is 0. The molecule has 90 valence electrons. The Balaban J connectivity index is 2.40.